The largest absolute Gasteiger partial charge is 0.483 e. The van der Waals surface area contributed by atoms with Crippen molar-refractivity contribution in [1.82, 2.24) is 5.32 Å². The summed E-state index contributed by atoms with van der Waals surface area (Å²) in [5, 5.41) is 5.52. The summed E-state index contributed by atoms with van der Waals surface area (Å²) in [6.07, 6.45) is 1.25. The molecule has 0 radical (unpaired) electrons. The number of barbiturate groups is 1. The fourth-order valence-electron chi connectivity index (χ4n) is 3.47. The Morgan fingerprint density at radius 2 is 1.75 bits per heavy atom. The molecule has 1 aliphatic heterocycles. The molecule has 2 N–H and O–H groups in total. The Labute approximate surface area is 216 Å². The molecule has 0 aromatic heterocycles. The molecule has 3 aromatic rings. The van der Waals surface area contributed by atoms with Gasteiger partial charge in [-0.3, -0.25) is 19.7 Å². The van der Waals surface area contributed by atoms with E-state index in [0.717, 1.165) is 10.5 Å². The van der Waals surface area contributed by atoms with Crippen LogP contribution >= 0.6 is 23.2 Å². The van der Waals surface area contributed by atoms with E-state index < -0.39 is 23.8 Å². The average Bonchev–Trinajstić information content (AvgIpc) is 2.82. The maximum absolute atomic E-state index is 13.2. The number of amides is 5. The van der Waals surface area contributed by atoms with Gasteiger partial charge in [0.1, 0.15) is 11.3 Å². The normalized spacial score (nSPS) is 14.6. The molecule has 5 amide bonds. The van der Waals surface area contributed by atoms with Crippen molar-refractivity contribution in [3.63, 3.8) is 0 Å². The van der Waals surface area contributed by atoms with Crippen LogP contribution in [-0.4, -0.2) is 30.4 Å². The van der Waals surface area contributed by atoms with Crippen LogP contribution in [0.2, 0.25) is 10.0 Å². The number of nitrogens with zero attached hydrogens (tertiary/aromatic N) is 1. The molecule has 1 aliphatic rings. The van der Waals surface area contributed by atoms with Gasteiger partial charge in [0.2, 0.25) is 0 Å². The van der Waals surface area contributed by atoms with Crippen molar-refractivity contribution in [2.75, 3.05) is 16.8 Å². The molecule has 0 atom stereocenters. The standard InChI is InChI=1S/C26H19Cl2N3O5/c1-15-5-2-3-8-21(15)29-23(32)14-36-22-10-9-18(28)11-16(22)12-20-24(33)30-26(35)31(25(20)34)19-7-4-6-17(27)13-19/h2-13H,14H2,1H3,(H,29,32)(H,30,33,35)/b20-12+. The number of carbonyl (C=O) groups excluding carboxylic acids is 4. The molecule has 0 saturated carbocycles. The molecule has 182 valence electrons. The molecule has 1 heterocycles. The topological polar surface area (TPSA) is 105 Å². The zero-order valence-electron chi connectivity index (χ0n) is 18.9. The second-order valence-electron chi connectivity index (χ2n) is 7.77. The van der Waals surface area contributed by atoms with Crippen LogP contribution in [0.5, 0.6) is 5.75 Å². The second kappa shape index (κ2) is 10.6. The predicted molar refractivity (Wildman–Crippen MR) is 137 cm³/mol. The number of hydrogen-bond donors (Lipinski definition) is 2. The number of ether oxygens (including phenoxy) is 1. The third kappa shape index (κ3) is 5.56. The molecule has 1 saturated heterocycles. The lowest BCUT2D eigenvalue weighted by atomic mass is 10.1. The van der Waals surface area contributed by atoms with Crippen LogP contribution in [-0.2, 0) is 14.4 Å². The number of aryl methyl sites for hydroxylation is 1. The van der Waals surface area contributed by atoms with Crippen LogP contribution in [0.3, 0.4) is 0 Å². The van der Waals surface area contributed by atoms with E-state index in [9.17, 15) is 19.2 Å². The van der Waals surface area contributed by atoms with Crippen LogP contribution in [0.25, 0.3) is 6.08 Å². The number of hydrogen-bond acceptors (Lipinski definition) is 5. The van der Waals surface area contributed by atoms with Gasteiger partial charge < -0.3 is 10.1 Å². The van der Waals surface area contributed by atoms with Crippen LogP contribution in [0.1, 0.15) is 11.1 Å². The van der Waals surface area contributed by atoms with Crippen LogP contribution in [0.15, 0.2) is 72.3 Å². The highest BCUT2D eigenvalue weighted by Gasteiger charge is 2.37. The Morgan fingerprint density at radius 3 is 2.50 bits per heavy atom. The summed E-state index contributed by atoms with van der Waals surface area (Å²) in [6.45, 7) is 1.53. The molecule has 0 bridgehead atoms. The van der Waals surface area contributed by atoms with Gasteiger partial charge in [-0.1, -0.05) is 47.5 Å². The zero-order valence-corrected chi connectivity index (χ0v) is 20.4. The van der Waals surface area contributed by atoms with Crippen LogP contribution in [0.4, 0.5) is 16.2 Å². The van der Waals surface area contributed by atoms with Crippen molar-refractivity contribution >= 4 is 64.4 Å². The number of rotatable bonds is 6. The quantitative estimate of drug-likeness (QED) is 0.350. The minimum absolute atomic E-state index is 0.193. The van der Waals surface area contributed by atoms with Crippen molar-refractivity contribution in [1.29, 1.82) is 0 Å². The number of anilines is 2. The molecular formula is C26H19Cl2N3O5. The van der Waals surface area contributed by atoms with Gasteiger partial charge in [0.25, 0.3) is 17.7 Å². The van der Waals surface area contributed by atoms with Gasteiger partial charge >= 0.3 is 6.03 Å². The molecule has 36 heavy (non-hydrogen) atoms. The summed E-state index contributed by atoms with van der Waals surface area (Å²) in [5.74, 6) is -1.93. The maximum Gasteiger partial charge on any atom is 0.335 e. The van der Waals surface area contributed by atoms with Crippen molar-refractivity contribution < 1.29 is 23.9 Å². The Balaban J connectivity index is 1.59. The van der Waals surface area contributed by atoms with Crippen molar-refractivity contribution in [3.05, 3.63) is 93.5 Å². The highest BCUT2D eigenvalue weighted by Crippen LogP contribution is 2.29. The van der Waals surface area contributed by atoms with Gasteiger partial charge in [-0.25, -0.2) is 9.69 Å². The average molecular weight is 524 g/mol. The van der Waals surface area contributed by atoms with Crippen LogP contribution < -0.4 is 20.3 Å². The van der Waals surface area contributed by atoms with Crippen molar-refractivity contribution in [3.8, 4) is 5.75 Å². The van der Waals surface area contributed by atoms with Gasteiger partial charge in [-0.15, -0.1) is 0 Å². The Kier molecular flexibility index (Phi) is 7.38. The Morgan fingerprint density at radius 1 is 1.00 bits per heavy atom. The third-order valence-corrected chi connectivity index (χ3v) is 5.69. The summed E-state index contributed by atoms with van der Waals surface area (Å²) in [7, 11) is 0. The van der Waals surface area contributed by atoms with E-state index in [1.807, 2.05) is 19.1 Å². The highest BCUT2D eigenvalue weighted by atomic mass is 35.5. The van der Waals surface area contributed by atoms with E-state index in [2.05, 4.69) is 10.6 Å². The molecule has 0 aliphatic carbocycles. The summed E-state index contributed by atoms with van der Waals surface area (Å²) in [5.41, 5.74) is 1.68. The molecule has 3 aromatic carbocycles. The molecule has 1 fully saturated rings. The summed E-state index contributed by atoms with van der Waals surface area (Å²) in [4.78, 5) is 51.3. The number of benzene rings is 3. The lowest BCUT2D eigenvalue weighted by Gasteiger charge is -2.26. The number of nitrogens with one attached hydrogen (secondary N) is 2. The van der Waals surface area contributed by atoms with Crippen LogP contribution in [0, 0.1) is 6.92 Å². The first-order valence-electron chi connectivity index (χ1n) is 10.7. The van der Waals surface area contributed by atoms with E-state index in [1.165, 1.54) is 30.3 Å². The second-order valence-corrected chi connectivity index (χ2v) is 8.64. The lowest BCUT2D eigenvalue weighted by Crippen LogP contribution is -2.54. The number of carbonyl (C=O) groups is 4. The predicted octanol–water partition coefficient (Wildman–Crippen LogP) is 4.99. The first-order valence-corrected chi connectivity index (χ1v) is 11.4. The lowest BCUT2D eigenvalue weighted by molar-refractivity contribution is -0.122. The Hall–Kier alpha value is -4.14. The fourth-order valence-corrected chi connectivity index (χ4v) is 3.83. The summed E-state index contributed by atoms with van der Waals surface area (Å²) in [6, 6.07) is 17.0. The van der Waals surface area contributed by atoms with E-state index in [-0.39, 0.29) is 29.2 Å². The first-order chi connectivity index (χ1) is 17.2. The van der Waals surface area contributed by atoms with E-state index in [1.54, 1.807) is 30.3 Å². The van der Waals surface area contributed by atoms with Gasteiger partial charge in [0.15, 0.2) is 6.61 Å². The number of para-hydroxylation sites is 1. The highest BCUT2D eigenvalue weighted by molar-refractivity contribution is 6.39. The molecule has 0 spiro atoms. The maximum atomic E-state index is 13.2. The summed E-state index contributed by atoms with van der Waals surface area (Å²) < 4.78 is 5.67. The van der Waals surface area contributed by atoms with Crippen molar-refractivity contribution in [2.24, 2.45) is 0 Å². The molecule has 4 rings (SSSR count). The van der Waals surface area contributed by atoms with E-state index in [0.29, 0.717) is 15.7 Å². The Bertz CT molecular complexity index is 1420. The van der Waals surface area contributed by atoms with Gasteiger partial charge in [-0.05, 0) is 61.0 Å². The van der Waals surface area contributed by atoms with Gasteiger partial charge in [0, 0.05) is 21.3 Å². The van der Waals surface area contributed by atoms with Gasteiger partial charge in [0.05, 0.1) is 5.69 Å². The third-order valence-electron chi connectivity index (χ3n) is 5.22. The fraction of sp³-hybridized carbons (Fsp3) is 0.0769. The number of halogens is 2. The van der Waals surface area contributed by atoms with Gasteiger partial charge in [-0.2, -0.15) is 0 Å². The zero-order chi connectivity index (χ0) is 25.8. The monoisotopic (exact) mass is 523 g/mol. The van der Waals surface area contributed by atoms with E-state index in [4.69, 9.17) is 27.9 Å². The molecule has 0 unspecified atom stereocenters. The van der Waals surface area contributed by atoms with Crippen molar-refractivity contribution in [2.45, 2.75) is 6.92 Å². The minimum atomic E-state index is -0.903. The SMILES string of the molecule is Cc1ccccc1NC(=O)COc1ccc(Cl)cc1/C=C1\C(=O)NC(=O)N(c2cccc(Cl)c2)C1=O. The number of urea groups is 1. The molecule has 8 nitrogen and oxygen atoms in total. The first kappa shape index (κ1) is 25.0. The number of imide groups is 2. The van der Waals surface area contributed by atoms with E-state index >= 15 is 0 Å². The molecular weight excluding hydrogens is 505 g/mol. The molecule has 10 heteroatoms. The smallest absolute Gasteiger partial charge is 0.335 e. The summed E-state index contributed by atoms with van der Waals surface area (Å²) >= 11 is 12.1. The minimum Gasteiger partial charge on any atom is -0.483 e.